The first kappa shape index (κ1) is 16.1. The molecule has 126 valence electrons. The van der Waals surface area contributed by atoms with Crippen LogP contribution in [0.1, 0.15) is 37.6 Å². The first-order chi connectivity index (χ1) is 10.8. The van der Waals surface area contributed by atoms with Crippen LogP contribution in [-0.4, -0.2) is 36.1 Å². The predicted octanol–water partition coefficient (Wildman–Crippen LogP) is 4.09. The van der Waals surface area contributed by atoms with Crippen LogP contribution in [0.3, 0.4) is 0 Å². The molecule has 0 radical (unpaired) electrons. The SMILES string of the molecule is CC(C)c1nc2cc(NCCN3CCC3)cc(C(F)(F)F)c2o1. The maximum Gasteiger partial charge on any atom is 0.420 e. The summed E-state index contributed by atoms with van der Waals surface area (Å²) in [5.74, 6) is 0.259. The summed E-state index contributed by atoms with van der Waals surface area (Å²) in [5.41, 5.74) is -0.292. The van der Waals surface area contributed by atoms with Crippen molar-refractivity contribution < 1.29 is 17.6 Å². The summed E-state index contributed by atoms with van der Waals surface area (Å²) >= 11 is 0. The summed E-state index contributed by atoms with van der Waals surface area (Å²) in [6.07, 6.45) is -3.28. The van der Waals surface area contributed by atoms with Crippen molar-refractivity contribution in [3.63, 3.8) is 0 Å². The third-order valence-corrected chi connectivity index (χ3v) is 4.01. The van der Waals surface area contributed by atoms with Crippen molar-refractivity contribution in [2.75, 3.05) is 31.5 Å². The zero-order valence-corrected chi connectivity index (χ0v) is 13.2. The van der Waals surface area contributed by atoms with Crippen LogP contribution in [0.25, 0.3) is 11.1 Å². The van der Waals surface area contributed by atoms with E-state index < -0.39 is 11.7 Å². The molecule has 1 N–H and O–H groups in total. The van der Waals surface area contributed by atoms with Gasteiger partial charge in [-0.3, -0.25) is 0 Å². The molecule has 1 saturated heterocycles. The van der Waals surface area contributed by atoms with E-state index >= 15 is 0 Å². The van der Waals surface area contributed by atoms with Crippen molar-refractivity contribution in [2.45, 2.75) is 32.4 Å². The van der Waals surface area contributed by atoms with Crippen molar-refractivity contribution in [1.29, 1.82) is 0 Å². The second-order valence-electron chi connectivity index (χ2n) is 6.20. The average molecular weight is 327 g/mol. The van der Waals surface area contributed by atoms with Gasteiger partial charge >= 0.3 is 6.18 Å². The number of hydrogen-bond acceptors (Lipinski definition) is 4. The minimum Gasteiger partial charge on any atom is -0.440 e. The lowest BCUT2D eigenvalue weighted by Gasteiger charge is -2.30. The van der Waals surface area contributed by atoms with Gasteiger partial charge in [0.1, 0.15) is 11.1 Å². The lowest BCUT2D eigenvalue weighted by atomic mass is 10.1. The Morgan fingerprint density at radius 1 is 1.30 bits per heavy atom. The molecule has 0 aliphatic carbocycles. The predicted molar refractivity (Wildman–Crippen MR) is 82.6 cm³/mol. The summed E-state index contributed by atoms with van der Waals surface area (Å²) < 4.78 is 45.2. The summed E-state index contributed by atoms with van der Waals surface area (Å²) in [6.45, 7) is 7.24. The van der Waals surface area contributed by atoms with E-state index in [1.165, 1.54) is 6.42 Å². The molecule has 1 aliphatic rings. The molecule has 0 bridgehead atoms. The van der Waals surface area contributed by atoms with Gasteiger partial charge < -0.3 is 14.6 Å². The van der Waals surface area contributed by atoms with E-state index in [4.69, 9.17) is 4.42 Å². The van der Waals surface area contributed by atoms with Gasteiger partial charge in [0, 0.05) is 24.7 Å². The first-order valence-corrected chi connectivity index (χ1v) is 7.82. The minimum atomic E-state index is -4.47. The Kier molecular flexibility index (Phi) is 4.23. The lowest BCUT2D eigenvalue weighted by Crippen LogP contribution is -2.40. The normalized spacial score (nSPS) is 16.1. The third kappa shape index (κ3) is 3.44. The maximum atomic E-state index is 13.3. The number of alkyl halides is 3. The van der Waals surface area contributed by atoms with E-state index in [0.29, 0.717) is 18.1 Å². The molecule has 1 fully saturated rings. The molecule has 0 spiro atoms. The van der Waals surface area contributed by atoms with Crippen molar-refractivity contribution >= 4 is 16.8 Å². The molecule has 7 heteroatoms. The number of nitrogens with one attached hydrogen (secondary N) is 1. The molecule has 1 aromatic heterocycles. The van der Waals surface area contributed by atoms with Crippen LogP contribution in [0.15, 0.2) is 16.5 Å². The van der Waals surface area contributed by atoms with E-state index in [2.05, 4.69) is 15.2 Å². The van der Waals surface area contributed by atoms with Crippen LogP contribution in [0, 0.1) is 0 Å². The number of oxazole rings is 1. The Bertz CT molecular complexity index is 690. The van der Waals surface area contributed by atoms with Crippen molar-refractivity contribution in [3.8, 4) is 0 Å². The standard InChI is InChI=1S/C16H20F3N3O/c1-10(2)15-21-13-9-11(20-4-7-22-5-3-6-22)8-12(14(13)23-15)16(17,18)19/h8-10,20H,3-7H2,1-2H3. The van der Waals surface area contributed by atoms with Crippen LogP contribution >= 0.6 is 0 Å². The maximum absolute atomic E-state index is 13.3. The Labute approximate surface area is 132 Å². The van der Waals surface area contributed by atoms with Crippen molar-refractivity contribution in [2.24, 2.45) is 0 Å². The highest BCUT2D eigenvalue weighted by Gasteiger charge is 2.35. The van der Waals surface area contributed by atoms with Crippen LogP contribution in [0.5, 0.6) is 0 Å². The van der Waals surface area contributed by atoms with Crippen LogP contribution < -0.4 is 5.32 Å². The largest absolute Gasteiger partial charge is 0.440 e. The van der Waals surface area contributed by atoms with Gasteiger partial charge in [-0.05, 0) is 31.6 Å². The van der Waals surface area contributed by atoms with Gasteiger partial charge in [0.2, 0.25) is 0 Å². The van der Waals surface area contributed by atoms with Gasteiger partial charge in [0.05, 0.1) is 0 Å². The topological polar surface area (TPSA) is 41.3 Å². The second kappa shape index (κ2) is 6.03. The molecule has 1 aliphatic heterocycles. The van der Waals surface area contributed by atoms with Crippen LogP contribution in [0.4, 0.5) is 18.9 Å². The Morgan fingerprint density at radius 2 is 2.04 bits per heavy atom. The molecule has 0 atom stereocenters. The van der Waals surface area contributed by atoms with E-state index in [-0.39, 0.29) is 17.0 Å². The van der Waals surface area contributed by atoms with Crippen molar-refractivity contribution in [3.05, 3.63) is 23.6 Å². The number of aromatic nitrogens is 1. The molecule has 1 aromatic carbocycles. The van der Waals surface area contributed by atoms with E-state index in [1.54, 1.807) is 6.07 Å². The number of anilines is 1. The summed E-state index contributed by atoms with van der Waals surface area (Å²) in [5, 5.41) is 3.06. The number of rotatable bonds is 5. The zero-order chi connectivity index (χ0) is 16.6. The number of likely N-dealkylation sites (tertiary alicyclic amines) is 1. The van der Waals surface area contributed by atoms with Gasteiger partial charge in [0.15, 0.2) is 11.5 Å². The summed E-state index contributed by atoms with van der Waals surface area (Å²) in [6, 6.07) is 2.73. The van der Waals surface area contributed by atoms with Gasteiger partial charge in [0.25, 0.3) is 0 Å². The smallest absolute Gasteiger partial charge is 0.420 e. The molecule has 0 unspecified atom stereocenters. The first-order valence-electron chi connectivity index (χ1n) is 7.82. The monoisotopic (exact) mass is 327 g/mol. The highest BCUT2D eigenvalue weighted by atomic mass is 19.4. The quantitative estimate of drug-likeness (QED) is 0.898. The van der Waals surface area contributed by atoms with E-state index in [1.807, 2.05) is 13.8 Å². The minimum absolute atomic E-state index is 0.0636. The number of nitrogens with zero attached hydrogens (tertiary/aromatic N) is 2. The molecule has 3 rings (SSSR count). The Morgan fingerprint density at radius 3 is 2.61 bits per heavy atom. The Balaban J connectivity index is 1.88. The number of fused-ring (bicyclic) bond motifs is 1. The number of halogens is 3. The molecular formula is C16H20F3N3O. The summed E-state index contributed by atoms with van der Waals surface area (Å²) in [7, 11) is 0. The molecule has 4 nitrogen and oxygen atoms in total. The second-order valence-corrected chi connectivity index (χ2v) is 6.20. The third-order valence-electron chi connectivity index (χ3n) is 4.01. The molecule has 2 aromatic rings. The highest BCUT2D eigenvalue weighted by Crippen LogP contribution is 2.38. The summed E-state index contributed by atoms with van der Waals surface area (Å²) in [4.78, 5) is 6.45. The molecular weight excluding hydrogens is 307 g/mol. The average Bonchev–Trinajstić information content (AvgIpc) is 2.83. The highest BCUT2D eigenvalue weighted by molar-refractivity contribution is 5.81. The lowest BCUT2D eigenvalue weighted by molar-refractivity contribution is -0.136. The fraction of sp³-hybridized carbons (Fsp3) is 0.562. The van der Waals surface area contributed by atoms with E-state index in [0.717, 1.165) is 25.7 Å². The fourth-order valence-electron chi connectivity index (χ4n) is 2.57. The molecule has 23 heavy (non-hydrogen) atoms. The zero-order valence-electron chi connectivity index (χ0n) is 13.2. The molecule has 2 heterocycles. The number of benzene rings is 1. The fourth-order valence-corrected chi connectivity index (χ4v) is 2.57. The van der Waals surface area contributed by atoms with Gasteiger partial charge in [-0.25, -0.2) is 4.98 Å². The van der Waals surface area contributed by atoms with Crippen molar-refractivity contribution in [1.82, 2.24) is 9.88 Å². The molecule has 0 amide bonds. The number of hydrogen-bond donors (Lipinski definition) is 1. The van der Waals surface area contributed by atoms with Gasteiger partial charge in [-0.2, -0.15) is 13.2 Å². The van der Waals surface area contributed by atoms with Crippen LogP contribution in [0.2, 0.25) is 0 Å². The van der Waals surface area contributed by atoms with Gasteiger partial charge in [-0.1, -0.05) is 13.8 Å². The van der Waals surface area contributed by atoms with E-state index in [9.17, 15) is 13.2 Å². The van der Waals surface area contributed by atoms with Gasteiger partial charge in [-0.15, -0.1) is 0 Å². The molecule has 0 saturated carbocycles. The van der Waals surface area contributed by atoms with Crippen LogP contribution in [-0.2, 0) is 6.18 Å². The Hall–Kier alpha value is -1.76.